The molecule has 0 unspecified atom stereocenters. The first-order chi connectivity index (χ1) is 17.2. The van der Waals surface area contributed by atoms with Crippen LogP contribution >= 0.6 is 0 Å². The third-order valence-corrected chi connectivity index (χ3v) is 7.37. The molecule has 1 aliphatic carbocycles. The molecule has 6 nitrogen and oxygen atoms in total. The van der Waals surface area contributed by atoms with E-state index in [1.54, 1.807) is 21.3 Å². The predicted molar refractivity (Wildman–Crippen MR) is 139 cm³/mol. The number of fused-ring (bicyclic) bond motifs is 3. The molecule has 0 amide bonds. The monoisotopic (exact) mass is 477 g/mol. The van der Waals surface area contributed by atoms with Crippen molar-refractivity contribution in [1.82, 2.24) is 9.80 Å². The van der Waals surface area contributed by atoms with Crippen molar-refractivity contribution in [1.29, 1.82) is 0 Å². The summed E-state index contributed by atoms with van der Waals surface area (Å²) in [6.07, 6.45) is 12.6. The highest BCUT2D eigenvalue weighted by molar-refractivity contribution is 6.08. The van der Waals surface area contributed by atoms with E-state index in [0.29, 0.717) is 17.3 Å². The van der Waals surface area contributed by atoms with Gasteiger partial charge in [0.25, 0.3) is 7.11 Å². The Morgan fingerprint density at radius 2 is 1.71 bits per heavy atom. The number of allylic oxidation sites excluding steroid dienone is 3. The summed E-state index contributed by atoms with van der Waals surface area (Å²) >= 11 is 0. The van der Waals surface area contributed by atoms with Gasteiger partial charge in [-0.2, -0.15) is 0 Å². The molecule has 6 heteroatoms. The molecule has 3 aliphatic heterocycles. The SMILES string of the molecule is COC1=CC(=C2CN3CCC=C3c3cc(OCCCN4CCCCC4)ccc32)C=C(OC)C1=[O+]C. The molecule has 0 bridgehead atoms. The zero-order valence-electron chi connectivity index (χ0n) is 21.3. The maximum atomic E-state index is 6.22. The Labute approximate surface area is 208 Å². The van der Waals surface area contributed by atoms with Gasteiger partial charge in [0.15, 0.2) is 0 Å². The van der Waals surface area contributed by atoms with Crippen LogP contribution in [0.2, 0.25) is 0 Å². The quantitative estimate of drug-likeness (QED) is 0.425. The molecular formula is C29H37N2O4+. The number of ketones is 1. The molecule has 0 saturated carbocycles. The zero-order chi connectivity index (χ0) is 24.2. The molecule has 0 atom stereocenters. The third-order valence-electron chi connectivity index (χ3n) is 7.37. The van der Waals surface area contributed by atoms with Crippen LogP contribution < -0.4 is 4.74 Å². The average molecular weight is 478 g/mol. The summed E-state index contributed by atoms with van der Waals surface area (Å²) < 4.78 is 23.0. The Hall–Kier alpha value is -2.99. The summed E-state index contributed by atoms with van der Waals surface area (Å²) in [6, 6.07) is 6.55. The number of hydrogen-bond acceptors (Lipinski definition) is 5. The van der Waals surface area contributed by atoms with Crippen LogP contribution in [0, 0.1) is 0 Å². The molecule has 0 radical (unpaired) electrons. The molecule has 35 heavy (non-hydrogen) atoms. The van der Waals surface area contributed by atoms with E-state index in [2.05, 4.69) is 46.2 Å². The van der Waals surface area contributed by atoms with Gasteiger partial charge in [-0.1, -0.05) is 18.6 Å². The lowest BCUT2D eigenvalue weighted by molar-refractivity contribution is -0.420. The number of hydrogen-bond donors (Lipinski definition) is 0. The molecule has 1 fully saturated rings. The second-order valence-corrected chi connectivity index (χ2v) is 9.50. The smallest absolute Gasteiger partial charge is 0.425 e. The maximum Gasteiger partial charge on any atom is 0.425 e. The average Bonchev–Trinajstić information content (AvgIpc) is 3.39. The van der Waals surface area contributed by atoms with E-state index in [1.165, 1.54) is 54.7 Å². The van der Waals surface area contributed by atoms with Crippen molar-refractivity contribution in [3.8, 4) is 5.75 Å². The van der Waals surface area contributed by atoms with Crippen LogP contribution in [0.25, 0.3) is 11.3 Å². The number of rotatable bonds is 7. The standard InChI is InChI=1S/C29H37N2O4/c1-32-27-17-21(18-28(33-2)29(27)34-3)25-20-31-15-7-9-26(31)24-19-22(10-11-23(24)25)35-16-8-14-30-12-5-4-6-13-30/h9-11,17-19H,4-8,12-16,20H2,1-3H3/q+1. The van der Waals surface area contributed by atoms with Crippen LogP contribution in [-0.4, -0.2) is 76.2 Å². The predicted octanol–water partition coefficient (Wildman–Crippen LogP) is 4.56. The van der Waals surface area contributed by atoms with E-state index in [0.717, 1.165) is 50.4 Å². The van der Waals surface area contributed by atoms with Crippen LogP contribution in [0.5, 0.6) is 5.75 Å². The molecule has 186 valence electrons. The fraction of sp³-hybridized carbons (Fsp3) is 0.483. The van der Waals surface area contributed by atoms with Gasteiger partial charge >= 0.3 is 5.78 Å². The summed E-state index contributed by atoms with van der Waals surface area (Å²) in [4.78, 5) is 5.03. The Morgan fingerprint density at radius 3 is 2.43 bits per heavy atom. The van der Waals surface area contributed by atoms with Crippen LogP contribution in [0.3, 0.4) is 0 Å². The van der Waals surface area contributed by atoms with Gasteiger partial charge in [0.1, 0.15) is 5.75 Å². The molecule has 1 aromatic rings. The highest BCUT2D eigenvalue weighted by Gasteiger charge is 2.34. The van der Waals surface area contributed by atoms with E-state index in [4.69, 9.17) is 18.6 Å². The van der Waals surface area contributed by atoms with Crippen molar-refractivity contribution < 1.29 is 18.6 Å². The van der Waals surface area contributed by atoms with E-state index in [1.807, 2.05) is 0 Å². The third kappa shape index (κ3) is 4.90. The Morgan fingerprint density at radius 1 is 0.943 bits per heavy atom. The van der Waals surface area contributed by atoms with E-state index >= 15 is 0 Å². The Bertz CT molecular complexity index is 1080. The minimum Gasteiger partial charge on any atom is -0.494 e. The largest absolute Gasteiger partial charge is 0.494 e. The maximum absolute atomic E-state index is 6.22. The fourth-order valence-corrected chi connectivity index (χ4v) is 5.58. The molecule has 1 saturated heterocycles. The lowest BCUT2D eigenvalue weighted by Gasteiger charge is -2.33. The van der Waals surface area contributed by atoms with Crippen molar-refractivity contribution in [2.45, 2.75) is 32.1 Å². The Balaban J connectivity index is 1.41. The van der Waals surface area contributed by atoms with Crippen LogP contribution in [-0.2, 0) is 13.9 Å². The first-order valence-electron chi connectivity index (χ1n) is 12.8. The van der Waals surface area contributed by atoms with Gasteiger partial charge < -0.3 is 24.0 Å². The number of nitrogens with zero attached hydrogens (tertiary/aromatic N) is 2. The van der Waals surface area contributed by atoms with Gasteiger partial charge in [0.05, 0.1) is 20.8 Å². The topological polar surface area (TPSA) is 45.5 Å². The zero-order valence-corrected chi connectivity index (χ0v) is 21.3. The minimum atomic E-state index is 0.616. The Kier molecular flexibility index (Phi) is 7.28. The second kappa shape index (κ2) is 10.7. The highest BCUT2D eigenvalue weighted by Crippen LogP contribution is 2.42. The normalized spacial score (nSPS) is 20.0. The fourth-order valence-electron chi connectivity index (χ4n) is 5.58. The summed E-state index contributed by atoms with van der Waals surface area (Å²) in [5.41, 5.74) is 6.14. The van der Waals surface area contributed by atoms with Crippen molar-refractivity contribution in [3.05, 3.63) is 64.6 Å². The van der Waals surface area contributed by atoms with Gasteiger partial charge in [-0.15, -0.1) is 0 Å². The number of ether oxygens (including phenoxy) is 3. The van der Waals surface area contributed by atoms with Gasteiger partial charge in [0.2, 0.25) is 11.5 Å². The summed E-state index contributed by atoms with van der Waals surface area (Å²) in [6.45, 7) is 6.24. The van der Waals surface area contributed by atoms with Gasteiger partial charge in [-0.25, -0.2) is 4.42 Å². The number of methoxy groups -OCH3 is 2. The van der Waals surface area contributed by atoms with Crippen LogP contribution in [0.1, 0.15) is 43.2 Å². The lowest BCUT2D eigenvalue weighted by atomic mass is 9.87. The second-order valence-electron chi connectivity index (χ2n) is 9.50. The van der Waals surface area contributed by atoms with E-state index in [9.17, 15) is 0 Å². The number of carbonyl (C=O) groups excluding carboxylic acids is 1. The molecule has 0 aromatic heterocycles. The van der Waals surface area contributed by atoms with E-state index < -0.39 is 0 Å². The molecule has 0 spiro atoms. The van der Waals surface area contributed by atoms with Crippen molar-refractivity contribution >= 4 is 17.1 Å². The first-order valence-corrected chi connectivity index (χ1v) is 12.8. The number of piperidine rings is 1. The van der Waals surface area contributed by atoms with E-state index in [-0.39, 0.29) is 0 Å². The first kappa shape index (κ1) is 23.7. The minimum absolute atomic E-state index is 0.616. The lowest BCUT2D eigenvalue weighted by Crippen LogP contribution is -2.31. The number of likely N-dealkylation sites (tertiary alicyclic amines) is 1. The van der Waals surface area contributed by atoms with Crippen molar-refractivity contribution in [2.75, 3.05) is 60.7 Å². The molecule has 5 rings (SSSR count). The van der Waals surface area contributed by atoms with Gasteiger partial charge in [-0.05, 0) is 79.8 Å². The van der Waals surface area contributed by atoms with Crippen molar-refractivity contribution in [2.24, 2.45) is 0 Å². The number of benzene rings is 1. The molecule has 3 heterocycles. The summed E-state index contributed by atoms with van der Waals surface area (Å²) in [5, 5.41) is 0. The molecule has 4 aliphatic rings. The summed E-state index contributed by atoms with van der Waals surface area (Å²) in [7, 11) is 4.96. The van der Waals surface area contributed by atoms with Gasteiger partial charge in [0, 0.05) is 30.9 Å². The van der Waals surface area contributed by atoms with Crippen LogP contribution in [0.4, 0.5) is 0 Å². The molecule has 0 N–H and O–H groups in total. The highest BCUT2D eigenvalue weighted by atomic mass is 16.5. The van der Waals surface area contributed by atoms with Gasteiger partial charge in [-0.3, -0.25) is 0 Å². The molecule has 1 aromatic carbocycles. The summed E-state index contributed by atoms with van der Waals surface area (Å²) in [5.74, 6) is 2.91. The molecular weight excluding hydrogens is 440 g/mol. The van der Waals surface area contributed by atoms with Crippen LogP contribution in [0.15, 0.2) is 53.5 Å². The van der Waals surface area contributed by atoms with Crippen molar-refractivity contribution in [3.63, 3.8) is 0 Å².